The van der Waals surface area contributed by atoms with E-state index in [-0.39, 0.29) is 11.2 Å². The van der Waals surface area contributed by atoms with E-state index in [2.05, 4.69) is 26.1 Å². The van der Waals surface area contributed by atoms with Gasteiger partial charge < -0.3 is 5.32 Å². The van der Waals surface area contributed by atoms with E-state index >= 15 is 0 Å². The molecule has 88 valence electrons. The zero-order valence-corrected chi connectivity index (χ0v) is 10.7. The molecule has 1 aromatic rings. The summed E-state index contributed by atoms with van der Waals surface area (Å²) in [6.45, 7) is 6.75. The number of fused-ring (bicyclic) bond motifs is 1. The quantitative estimate of drug-likeness (QED) is 0.755. The standard InChI is InChI=1S/C12H17NO2S/c1-12(2,3)9-4-5-10-11(8-9)16(14,15)7-6-13-10/h4-5,8,13H,6-7H2,1-3H3. The highest BCUT2D eigenvalue weighted by atomic mass is 32.2. The highest BCUT2D eigenvalue weighted by Gasteiger charge is 2.25. The van der Waals surface area contributed by atoms with Gasteiger partial charge in [0.2, 0.25) is 0 Å². The van der Waals surface area contributed by atoms with E-state index in [1.165, 1.54) is 0 Å². The summed E-state index contributed by atoms with van der Waals surface area (Å²) in [6.07, 6.45) is 0. The van der Waals surface area contributed by atoms with Gasteiger partial charge in [0, 0.05) is 6.54 Å². The lowest BCUT2D eigenvalue weighted by atomic mass is 9.87. The molecular formula is C12H17NO2S. The maximum atomic E-state index is 11.9. The highest BCUT2D eigenvalue weighted by molar-refractivity contribution is 7.91. The number of hydrogen-bond donors (Lipinski definition) is 1. The van der Waals surface area contributed by atoms with Crippen molar-refractivity contribution in [3.63, 3.8) is 0 Å². The Morgan fingerprint density at radius 1 is 1.25 bits per heavy atom. The van der Waals surface area contributed by atoms with E-state index in [1.807, 2.05) is 12.1 Å². The van der Waals surface area contributed by atoms with E-state index in [1.54, 1.807) is 6.07 Å². The molecule has 0 spiro atoms. The first-order chi connectivity index (χ1) is 7.31. The van der Waals surface area contributed by atoms with E-state index in [0.29, 0.717) is 11.4 Å². The summed E-state index contributed by atoms with van der Waals surface area (Å²) in [7, 11) is -3.09. The molecule has 0 fully saturated rings. The van der Waals surface area contributed by atoms with Gasteiger partial charge in [-0.1, -0.05) is 26.8 Å². The summed E-state index contributed by atoms with van der Waals surface area (Å²) >= 11 is 0. The smallest absolute Gasteiger partial charge is 0.182 e. The van der Waals surface area contributed by atoms with Crippen LogP contribution in [0.3, 0.4) is 0 Å². The van der Waals surface area contributed by atoms with E-state index in [0.717, 1.165) is 11.3 Å². The summed E-state index contributed by atoms with van der Waals surface area (Å²) in [5.74, 6) is 0.188. The van der Waals surface area contributed by atoms with Crippen molar-refractivity contribution >= 4 is 15.5 Å². The molecule has 1 aromatic carbocycles. The molecule has 0 bridgehead atoms. The van der Waals surface area contributed by atoms with Crippen molar-refractivity contribution in [1.82, 2.24) is 0 Å². The maximum absolute atomic E-state index is 11.9. The number of benzene rings is 1. The van der Waals surface area contributed by atoms with Crippen LogP contribution in [0.25, 0.3) is 0 Å². The second-order valence-corrected chi connectivity index (χ2v) is 7.28. The molecule has 0 aliphatic carbocycles. The van der Waals surface area contributed by atoms with Crippen LogP contribution >= 0.6 is 0 Å². The summed E-state index contributed by atoms with van der Waals surface area (Å²) in [5.41, 5.74) is 1.76. The van der Waals surface area contributed by atoms with Crippen molar-refractivity contribution in [3.8, 4) is 0 Å². The molecule has 1 aliphatic heterocycles. The third-order valence-electron chi connectivity index (χ3n) is 2.87. The van der Waals surface area contributed by atoms with Crippen LogP contribution in [0.4, 0.5) is 5.69 Å². The fourth-order valence-corrected chi connectivity index (χ4v) is 3.19. The molecule has 0 atom stereocenters. The Kier molecular flexibility index (Phi) is 2.49. The van der Waals surface area contributed by atoms with Crippen LogP contribution in [-0.4, -0.2) is 20.7 Å². The monoisotopic (exact) mass is 239 g/mol. The molecule has 2 rings (SSSR count). The van der Waals surface area contributed by atoms with Crippen LogP contribution in [0.5, 0.6) is 0 Å². The van der Waals surface area contributed by atoms with Gasteiger partial charge in [-0.3, -0.25) is 0 Å². The highest BCUT2D eigenvalue weighted by Crippen LogP contribution is 2.31. The average Bonchev–Trinajstić information content (AvgIpc) is 2.15. The topological polar surface area (TPSA) is 46.2 Å². The van der Waals surface area contributed by atoms with Crippen molar-refractivity contribution in [3.05, 3.63) is 23.8 Å². The second kappa shape index (κ2) is 3.48. The maximum Gasteiger partial charge on any atom is 0.182 e. The Bertz CT molecular complexity index is 512. The van der Waals surface area contributed by atoms with Crippen molar-refractivity contribution in [2.75, 3.05) is 17.6 Å². The summed E-state index contributed by atoms with van der Waals surface area (Å²) in [5, 5.41) is 3.12. The minimum absolute atomic E-state index is 0.0258. The Morgan fingerprint density at radius 2 is 1.94 bits per heavy atom. The lowest BCUT2D eigenvalue weighted by Crippen LogP contribution is -2.24. The Morgan fingerprint density at radius 3 is 2.56 bits per heavy atom. The zero-order chi connectivity index (χ0) is 12.0. The van der Waals surface area contributed by atoms with E-state index < -0.39 is 9.84 Å². The Balaban J connectivity index is 2.61. The molecule has 16 heavy (non-hydrogen) atoms. The molecule has 0 aromatic heterocycles. The molecule has 0 saturated carbocycles. The van der Waals surface area contributed by atoms with Gasteiger partial charge in [0.25, 0.3) is 0 Å². The van der Waals surface area contributed by atoms with Gasteiger partial charge >= 0.3 is 0 Å². The number of hydrogen-bond acceptors (Lipinski definition) is 3. The number of sulfone groups is 1. The van der Waals surface area contributed by atoms with Crippen molar-refractivity contribution in [1.29, 1.82) is 0 Å². The second-order valence-electron chi connectivity index (χ2n) is 5.21. The van der Waals surface area contributed by atoms with Gasteiger partial charge in [-0.25, -0.2) is 8.42 Å². The molecule has 1 N–H and O–H groups in total. The fourth-order valence-electron chi connectivity index (χ4n) is 1.82. The first kappa shape index (κ1) is 11.5. The largest absolute Gasteiger partial charge is 0.383 e. The lowest BCUT2D eigenvalue weighted by molar-refractivity contribution is 0.583. The lowest BCUT2D eigenvalue weighted by Gasteiger charge is -2.24. The minimum Gasteiger partial charge on any atom is -0.383 e. The first-order valence-electron chi connectivity index (χ1n) is 5.42. The molecule has 0 amide bonds. The first-order valence-corrected chi connectivity index (χ1v) is 7.07. The van der Waals surface area contributed by atoms with E-state index in [9.17, 15) is 8.42 Å². The van der Waals surface area contributed by atoms with Gasteiger partial charge in [-0.2, -0.15) is 0 Å². The average molecular weight is 239 g/mol. The molecule has 0 saturated heterocycles. The van der Waals surface area contributed by atoms with Gasteiger partial charge in [-0.05, 0) is 23.1 Å². The zero-order valence-electron chi connectivity index (χ0n) is 9.87. The summed E-state index contributed by atoms with van der Waals surface area (Å²) in [4.78, 5) is 0.450. The number of rotatable bonds is 0. The predicted octanol–water partition coefficient (Wildman–Crippen LogP) is 2.18. The predicted molar refractivity (Wildman–Crippen MR) is 65.7 cm³/mol. The normalized spacial score (nSPS) is 18.7. The third-order valence-corrected chi connectivity index (χ3v) is 4.62. The van der Waals surface area contributed by atoms with Crippen molar-refractivity contribution in [2.45, 2.75) is 31.1 Å². The fraction of sp³-hybridized carbons (Fsp3) is 0.500. The van der Waals surface area contributed by atoms with Gasteiger partial charge in [-0.15, -0.1) is 0 Å². The van der Waals surface area contributed by atoms with Crippen LogP contribution in [0.15, 0.2) is 23.1 Å². The van der Waals surface area contributed by atoms with Crippen molar-refractivity contribution < 1.29 is 8.42 Å². The van der Waals surface area contributed by atoms with E-state index in [4.69, 9.17) is 0 Å². The van der Waals surface area contributed by atoms with Gasteiger partial charge in [0.1, 0.15) is 0 Å². The van der Waals surface area contributed by atoms with Crippen LogP contribution in [0.1, 0.15) is 26.3 Å². The Hall–Kier alpha value is -1.03. The van der Waals surface area contributed by atoms with Crippen molar-refractivity contribution in [2.24, 2.45) is 0 Å². The number of nitrogens with one attached hydrogen (secondary N) is 1. The molecule has 0 unspecified atom stereocenters. The van der Waals surface area contributed by atoms with Gasteiger partial charge in [0.15, 0.2) is 9.84 Å². The Labute approximate surface area is 96.8 Å². The number of anilines is 1. The summed E-state index contributed by atoms with van der Waals surface area (Å²) < 4.78 is 23.8. The minimum atomic E-state index is -3.09. The molecule has 1 aliphatic rings. The van der Waals surface area contributed by atoms with Crippen LogP contribution < -0.4 is 5.32 Å². The SMILES string of the molecule is CC(C)(C)c1ccc2c(c1)S(=O)(=O)CCN2. The molecule has 4 heteroatoms. The van der Waals surface area contributed by atoms with Crippen LogP contribution in [-0.2, 0) is 15.3 Å². The van der Waals surface area contributed by atoms with Crippen LogP contribution in [0.2, 0.25) is 0 Å². The molecular weight excluding hydrogens is 222 g/mol. The summed E-state index contributed by atoms with van der Waals surface area (Å²) in [6, 6.07) is 5.66. The van der Waals surface area contributed by atoms with Crippen LogP contribution in [0, 0.1) is 0 Å². The van der Waals surface area contributed by atoms with Gasteiger partial charge in [0.05, 0.1) is 16.3 Å². The molecule has 0 radical (unpaired) electrons. The third kappa shape index (κ3) is 1.94. The molecule has 3 nitrogen and oxygen atoms in total. The molecule has 1 heterocycles.